The van der Waals surface area contributed by atoms with Gasteiger partial charge in [-0.05, 0) is 0 Å². The number of rotatable bonds is 0. The molecule has 0 radical (unpaired) electrons. The minimum absolute atomic E-state index is 0.935. The van der Waals surface area contributed by atoms with Crippen molar-refractivity contribution in [3.05, 3.63) is 0 Å². The van der Waals surface area contributed by atoms with Crippen LogP contribution in [0.1, 0.15) is 0 Å². The van der Waals surface area contributed by atoms with Crippen molar-refractivity contribution < 1.29 is 0 Å². The third-order valence-electron chi connectivity index (χ3n) is 0.600. The van der Waals surface area contributed by atoms with Crippen molar-refractivity contribution in [2.45, 2.75) is 9.26 Å². The van der Waals surface area contributed by atoms with Gasteiger partial charge in [0.05, 0.1) is 0 Å². The van der Waals surface area contributed by atoms with Crippen molar-refractivity contribution in [1.29, 1.82) is 0 Å². The minimum atomic E-state index is -0.935. The number of nitrogens with one attached hydrogen (secondary N) is 2. The van der Waals surface area contributed by atoms with Gasteiger partial charge in [0.1, 0.15) is 0 Å². The first kappa shape index (κ1) is 5.82. The molecule has 0 aromatic rings. The van der Waals surface area contributed by atoms with Crippen LogP contribution in [0.15, 0.2) is 0 Å². The Kier molecular flexibility index (Phi) is 2.23. The van der Waals surface area contributed by atoms with Crippen molar-refractivity contribution >= 4 is 44.7 Å². The standard InChI is InChI=1S/2CH3.2Bi.2HN/h2*1H3;;;2*1H. The Morgan fingerprint density at radius 2 is 1.33 bits per heavy atom. The monoisotopic (exact) mass is 478 g/mol. The van der Waals surface area contributed by atoms with Gasteiger partial charge in [-0.15, -0.1) is 0 Å². The van der Waals surface area contributed by atoms with Gasteiger partial charge in [-0.1, -0.05) is 0 Å². The van der Waals surface area contributed by atoms with Crippen LogP contribution in [0.3, 0.4) is 0 Å². The quantitative estimate of drug-likeness (QED) is 0.456. The molecule has 4 heteroatoms. The Morgan fingerprint density at radius 1 is 1.00 bits per heavy atom. The molecule has 1 aliphatic heterocycles. The van der Waals surface area contributed by atoms with Crippen LogP contribution in [0.4, 0.5) is 0 Å². The van der Waals surface area contributed by atoms with E-state index in [2.05, 4.69) is 11.7 Å². The van der Waals surface area contributed by atoms with Gasteiger partial charge in [0.25, 0.3) is 0 Å². The second-order valence-corrected chi connectivity index (χ2v) is 25.2. The van der Waals surface area contributed by atoms with Crippen molar-refractivity contribution in [2.24, 2.45) is 0 Å². The third kappa shape index (κ3) is 1.33. The zero-order valence-electron chi connectivity index (χ0n) is 3.89. The summed E-state index contributed by atoms with van der Waals surface area (Å²) in [7, 11) is 0. The molecular formula is C2H8Bi2N2. The molecule has 1 rings (SSSR count). The molecule has 2 N–H and O–H groups in total. The van der Waals surface area contributed by atoms with Gasteiger partial charge in [-0.3, -0.25) is 0 Å². The van der Waals surface area contributed by atoms with Crippen LogP contribution in [-0.2, 0) is 0 Å². The second kappa shape index (κ2) is 2.30. The SMILES string of the molecule is [CH3][Bi]1[NH][Bi]([CH3])[NH]1. The van der Waals surface area contributed by atoms with Crippen molar-refractivity contribution in [2.75, 3.05) is 0 Å². The topological polar surface area (TPSA) is 24.1 Å². The average molecular weight is 478 g/mol. The zero-order valence-corrected chi connectivity index (χ0v) is 10.8. The second-order valence-electron chi connectivity index (χ2n) is 1.32. The molecule has 1 fully saturated rings. The summed E-state index contributed by atoms with van der Waals surface area (Å²) < 4.78 is 11.9. The maximum atomic E-state index is 3.60. The van der Waals surface area contributed by atoms with Crippen LogP contribution in [-0.4, -0.2) is 44.7 Å². The van der Waals surface area contributed by atoms with E-state index >= 15 is 0 Å². The molecule has 0 aromatic carbocycles. The zero-order chi connectivity index (χ0) is 4.57. The summed E-state index contributed by atoms with van der Waals surface area (Å²) in [6.45, 7) is 0. The molecule has 0 aliphatic carbocycles. The molecular weight excluding hydrogens is 470 g/mol. The fourth-order valence-electron chi connectivity index (χ4n) is 0.450. The van der Waals surface area contributed by atoms with Crippen LogP contribution in [0.2, 0.25) is 9.26 Å². The fourth-order valence-corrected chi connectivity index (χ4v) is 34.7. The van der Waals surface area contributed by atoms with Crippen molar-refractivity contribution in [3.8, 4) is 0 Å². The van der Waals surface area contributed by atoms with Gasteiger partial charge in [-0.2, -0.15) is 0 Å². The molecule has 1 heterocycles. The average Bonchev–Trinajstić information content (AvgIpc) is 1.33. The fraction of sp³-hybridized carbons (Fsp3) is 1.00. The Balaban J connectivity index is 2.11. The first-order chi connectivity index (χ1) is 2.79. The summed E-state index contributed by atoms with van der Waals surface area (Å²) in [4.78, 5) is 0. The predicted octanol–water partition coefficient (Wildman–Crippen LogP) is -0.585. The van der Waals surface area contributed by atoms with Crippen LogP contribution < -0.4 is 2.41 Å². The van der Waals surface area contributed by atoms with Gasteiger partial charge >= 0.3 is 56.3 Å². The van der Waals surface area contributed by atoms with E-state index in [9.17, 15) is 0 Å². The van der Waals surface area contributed by atoms with Crippen LogP contribution in [0.5, 0.6) is 0 Å². The summed E-state index contributed by atoms with van der Waals surface area (Å²) >= 11 is -1.87. The van der Waals surface area contributed by atoms with Crippen molar-refractivity contribution in [3.63, 3.8) is 0 Å². The van der Waals surface area contributed by atoms with E-state index in [0.717, 1.165) is 0 Å². The molecule has 2 nitrogen and oxygen atoms in total. The Bertz CT molecular complexity index is 45.5. The predicted molar refractivity (Wildman–Crippen MR) is 29.5 cm³/mol. The number of hydrogen-bond acceptors (Lipinski definition) is 2. The van der Waals surface area contributed by atoms with E-state index in [1.54, 1.807) is 0 Å². The van der Waals surface area contributed by atoms with Crippen LogP contribution in [0, 0.1) is 0 Å². The van der Waals surface area contributed by atoms with E-state index < -0.39 is 44.7 Å². The van der Waals surface area contributed by atoms with E-state index in [4.69, 9.17) is 0 Å². The molecule has 1 saturated heterocycles. The molecule has 0 unspecified atom stereocenters. The Hall–Kier alpha value is 1.69. The van der Waals surface area contributed by atoms with Gasteiger partial charge in [-0.25, -0.2) is 0 Å². The molecule has 0 saturated carbocycles. The van der Waals surface area contributed by atoms with Gasteiger partial charge in [0.15, 0.2) is 0 Å². The van der Waals surface area contributed by atoms with Crippen LogP contribution in [0.25, 0.3) is 0 Å². The molecule has 0 spiro atoms. The summed E-state index contributed by atoms with van der Waals surface area (Å²) in [6.07, 6.45) is 0. The molecule has 0 aromatic heterocycles. The molecule has 1 aliphatic rings. The molecule has 0 atom stereocenters. The Morgan fingerprint density at radius 3 is 1.33 bits per heavy atom. The first-order valence-corrected chi connectivity index (χ1v) is 15.7. The van der Waals surface area contributed by atoms with E-state index in [0.29, 0.717) is 0 Å². The van der Waals surface area contributed by atoms with Gasteiger partial charge < -0.3 is 0 Å². The summed E-state index contributed by atoms with van der Waals surface area (Å²) in [5.74, 6) is 0. The van der Waals surface area contributed by atoms with Crippen LogP contribution >= 0.6 is 0 Å². The first-order valence-electron chi connectivity index (χ1n) is 1.79. The molecule has 6 heavy (non-hydrogen) atoms. The van der Waals surface area contributed by atoms with E-state index in [1.807, 2.05) is 0 Å². The summed E-state index contributed by atoms with van der Waals surface area (Å²) in [5.41, 5.74) is 0. The third-order valence-corrected chi connectivity index (χ3v) is 46.2. The van der Waals surface area contributed by atoms with E-state index in [1.165, 1.54) is 0 Å². The Labute approximate surface area is 55.7 Å². The number of hydrogen-bond donors (Lipinski definition) is 2. The normalized spacial score (nSPS) is 27.0. The van der Waals surface area contributed by atoms with Gasteiger partial charge in [0.2, 0.25) is 0 Å². The summed E-state index contributed by atoms with van der Waals surface area (Å²) in [6, 6.07) is 0. The van der Waals surface area contributed by atoms with Crippen molar-refractivity contribution in [1.82, 2.24) is 2.41 Å². The van der Waals surface area contributed by atoms with Gasteiger partial charge in [0, 0.05) is 0 Å². The molecule has 0 bridgehead atoms. The molecule has 0 amide bonds. The van der Waals surface area contributed by atoms with E-state index in [-0.39, 0.29) is 0 Å². The maximum absolute atomic E-state index is 3.60. The summed E-state index contributed by atoms with van der Waals surface area (Å²) in [5, 5.41) is 0. The molecule has 36 valence electrons.